The van der Waals surface area contributed by atoms with Crippen LogP contribution in [-0.4, -0.2) is 0 Å². The van der Waals surface area contributed by atoms with Crippen molar-refractivity contribution in [3.05, 3.63) is 205 Å². The first-order valence-electron chi connectivity index (χ1n) is 19.8. The zero-order chi connectivity index (χ0) is 39.5. The van der Waals surface area contributed by atoms with Gasteiger partial charge in [-0.2, -0.15) is 0 Å². The third-order valence-corrected chi connectivity index (χ3v) is 11.3. The summed E-state index contributed by atoms with van der Waals surface area (Å²) in [4.78, 5) is 0. The topological polar surface area (TPSA) is 52.6 Å². The fraction of sp³-hybridized carbons (Fsp3) is 0.0182. The summed E-state index contributed by atoms with van der Waals surface area (Å²) in [6.07, 6.45) is 26.6. The van der Waals surface area contributed by atoms with Gasteiger partial charge in [0.15, 0.2) is 22.3 Å². The number of hydrogen-bond donors (Lipinski definition) is 0. The van der Waals surface area contributed by atoms with Gasteiger partial charge in [0.05, 0.1) is 0 Å². The molecule has 0 aliphatic heterocycles. The highest BCUT2D eigenvalue weighted by atomic mass is 16.4. The number of rotatable bonds is 5. The largest absolute Gasteiger partial charge is 0.452 e. The summed E-state index contributed by atoms with van der Waals surface area (Å²) >= 11 is 0. The number of allylic oxidation sites excluding steroid dienone is 13. The van der Waals surface area contributed by atoms with Crippen molar-refractivity contribution in [3.8, 4) is 11.1 Å². The molecule has 1 aliphatic carbocycles. The molecular formula is C55H36O4. The molecule has 1 aliphatic rings. The van der Waals surface area contributed by atoms with Gasteiger partial charge in [0, 0.05) is 43.3 Å². The van der Waals surface area contributed by atoms with Gasteiger partial charge in [0.25, 0.3) is 0 Å². The third kappa shape index (κ3) is 5.76. The number of hydrogen-bond acceptors (Lipinski definition) is 4. The Kier molecular flexibility index (Phi) is 8.16. The van der Waals surface area contributed by atoms with Crippen molar-refractivity contribution in [1.29, 1.82) is 0 Å². The predicted octanol–water partition coefficient (Wildman–Crippen LogP) is 16.2. The van der Waals surface area contributed by atoms with E-state index in [4.69, 9.17) is 17.7 Å². The minimum Gasteiger partial charge on any atom is -0.452 e. The molecule has 0 unspecified atom stereocenters. The van der Waals surface area contributed by atoms with Crippen LogP contribution in [0.3, 0.4) is 0 Å². The van der Waals surface area contributed by atoms with Gasteiger partial charge in [-0.05, 0) is 107 Å². The van der Waals surface area contributed by atoms with Crippen LogP contribution in [0.25, 0.3) is 111 Å². The second-order valence-electron chi connectivity index (χ2n) is 14.8. The molecule has 4 nitrogen and oxygen atoms in total. The highest BCUT2D eigenvalue weighted by molar-refractivity contribution is 6.19. The molecule has 0 saturated carbocycles. The van der Waals surface area contributed by atoms with Crippen molar-refractivity contribution >= 4 is 100 Å². The van der Waals surface area contributed by atoms with E-state index in [0.717, 1.165) is 116 Å². The molecule has 4 heterocycles. The van der Waals surface area contributed by atoms with E-state index in [-0.39, 0.29) is 0 Å². The van der Waals surface area contributed by atoms with Crippen molar-refractivity contribution < 1.29 is 17.7 Å². The summed E-state index contributed by atoms with van der Waals surface area (Å²) in [5, 5.41) is 7.21. The van der Waals surface area contributed by atoms with Crippen LogP contribution in [0, 0.1) is 0 Å². The molecule has 6 aromatic carbocycles. The number of fused-ring (bicyclic) bond motifs is 14. The number of benzene rings is 6. The van der Waals surface area contributed by atoms with Crippen LogP contribution in [0.2, 0.25) is 0 Å². The Morgan fingerprint density at radius 3 is 1.78 bits per heavy atom. The van der Waals surface area contributed by atoms with Crippen LogP contribution in [0.1, 0.15) is 29.4 Å². The van der Waals surface area contributed by atoms with Gasteiger partial charge in [-0.15, -0.1) is 0 Å². The average molecular weight is 761 g/mol. The molecule has 0 fully saturated rings. The summed E-state index contributed by atoms with van der Waals surface area (Å²) in [5.74, 6) is 0.768. The highest BCUT2D eigenvalue weighted by Crippen LogP contribution is 2.42. The minimum absolute atomic E-state index is 0.741. The second-order valence-corrected chi connectivity index (χ2v) is 14.8. The minimum atomic E-state index is 0.741. The zero-order valence-corrected chi connectivity index (χ0v) is 32.2. The smallest absolute Gasteiger partial charge is 0.178 e. The van der Waals surface area contributed by atoms with Crippen molar-refractivity contribution in [2.24, 2.45) is 0 Å². The van der Waals surface area contributed by atoms with Crippen LogP contribution < -0.4 is 0 Å². The summed E-state index contributed by atoms with van der Waals surface area (Å²) in [6.45, 7) is 6.03. The van der Waals surface area contributed by atoms with Gasteiger partial charge in [0.1, 0.15) is 22.5 Å². The van der Waals surface area contributed by atoms with E-state index in [1.54, 1.807) is 0 Å². The molecule has 0 radical (unpaired) electrons. The van der Waals surface area contributed by atoms with E-state index in [1.807, 2.05) is 55.5 Å². The van der Waals surface area contributed by atoms with Gasteiger partial charge in [-0.25, -0.2) is 0 Å². The van der Waals surface area contributed by atoms with Gasteiger partial charge < -0.3 is 17.7 Å². The lowest BCUT2D eigenvalue weighted by Gasteiger charge is -2.03. The van der Waals surface area contributed by atoms with Crippen LogP contribution >= 0.6 is 0 Å². The average Bonchev–Trinajstić information content (AvgIpc) is 4.04. The molecule has 59 heavy (non-hydrogen) atoms. The monoisotopic (exact) mass is 760 g/mol. The molecule has 0 N–H and O–H groups in total. The Balaban J connectivity index is 0.937. The van der Waals surface area contributed by atoms with E-state index in [1.165, 1.54) is 5.56 Å². The lowest BCUT2D eigenvalue weighted by molar-refractivity contribution is 0.590. The molecule has 280 valence electrons. The van der Waals surface area contributed by atoms with Crippen LogP contribution in [-0.2, 0) is 0 Å². The molecular weight excluding hydrogens is 725 g/mol. The van der Waals surface area contributed by atoms with Crippen LogP contribution in [0.15, 0.2) is 200 Å². The van der Waals surface area contributed by atoms with Crippen molar-refractivity contribution in [2.75, 3.05) is 0 Å². The first-order chi connectivity index (χ1) is 29.1. The fourth-order valence-corrected chi connectivity index (χ4v) is 8.37. The van der Waals surface area contributed by atoms with Crippen molar-refractivity contribution in [1.82, 2.24) is 0 Å². The first kappa shape index (κ1) is 34.4. The molecule has 10 aromatic rings. The molecule has 0 saturated heterocycles. The summed E-state index contributed by atoms with van der Waals surface area (Å²) in [7, 11) is 0. The SMILES string of the molecule is C=C/C(=C\C=C/C)c1ccc2oc3c(ccc4c5cc(C6=C/C=C/C=C/c7c(oc8c7ccc7c9cc(-c%10ccccc%10)ccc9oc78)/C=C/C=C\6)ccc5oc43)c2c1. The van der Waals surface area contributed by atoms with E-state index in [2.05, 4.69) is 146 Å². The van der Waals surface area contributed by atoms with Gasteiger partial charge in [-0.3, -0.25) is 0 Å². The molecule has 0 spiro atoms. The molecule has 0 atom stereocenters. The molecule has 0 amide bonds. The van der Waals surface area contributed by atoms with E-state index in [9.17, 15) is 0 Å². The first-order valence-corrected chi connectivity index (χ1v) is 19.8. The lowest BCUT2D eigenvalue weighted by atomic mass is 10.0. The number of furan rings is 4. The second kappa shape index (κ2) is 14.0. The van der Waals surface area contributed by atoms with Crippen LogP contribution in [0.4, 0.5) is 0 Å². The summed E-state index contributed by atoms with van der Waals surface area (Å²) in [5.41, 5.74) is 13.0. The Morgan fingerprint density at radius 1 is 0.492 bits per heavy atom. The standard InChI is InChI=1S/C55H36O4/c1-3-5-14-34(4-2)37-21-28-49-45(31-37)43-26-27-44-47-33-39(23-30-51(47)59-55(44)54(43)58-49)36-17-10-7-11-19-40-41-24-25-42-46-32-38(35-15-8-6-9-16-35)22-29-50(46)57-53(42)52(41)56-48(40)20-13-12-18-36/h3-33H,2H2,1H3/b5-3-,10-7+,11-7?,13-12?,17-10?,18-12-,19-11+,20-13+,34-14+,36-17+,36-18?,40-19?,48-20?. The summed E-state index contributed by atoms with van der Waals surface area (Å²) < 4.78 is 26.0. The summed E-state index contributed by atoms with van der Waals surface area (Å²) in [6, 6.07) is 38.0. The molecule has 0 bridgehead atoms. The van der Waals surface area contributed by atoms with E-state index < -0.39 is 0 Å². The van der Waals surface area contributed by atoms with Crippen LogP contribution in [0.5, 0.6) is 0 Å². The highest BCUT2D eigenvalue weighted by Gasteiger charge is 2.19. The normalized spacial score (nSPS) is 16.8. The Labute approximate surface area is 339 Å². The van der Waals surface area contributed by atoms with E-state index in [0.29, 0.717) is 0 Å². The maximum absolute atomic E-state index is 6.60. The van der Waals surface area contributed by atoms with Crippen molar-refractivity contribution in [3.63, 3.8) is 0 Å². The lowest BCUT2D eigenvalue weighted by Crippen LogP contribution is -1.81. The Morgan fingerprint density at radius 2 is 1.08 bits per heavy atom. The fourth-order valence-electron chi connectivity index (χ4n) is 8.37. The molecule has 4 aromatic heterocycles. The maximum Gasteiger partial charge on any atom is 0.178 e. The van der Waals surface area contributed by atoms with Crippen molar-refractivity contribution in [2.45, 2.75) is 6.92 Å². The Hall–Kier alpha value is -7.82. The molecule has 11 rings (SSSR count). The predicted molar refractivity (Wildman–Crippen MR) is 247 cm³/mol. The zero-order valence-electron chi connectivity index (χ0n) is 32.2. The third-order valence-electron chi connectivity index (χ3n) is 11.3. The van der Waals surface area contributed by atoms with Gasteiger partial charge in [0.2, 0.25) is 0 Å². The van der Waals surface area contributed by atoms with Gasteiger partial charge in [-0.1, -0.05) is 128 Å². The molecule has 4 heteroatoms. The van der Waals surface area contributed by atoms with E-state index >= 15 is 0 Å². The Bertz CT molecular complexity index is 3560. The maximum atomic E-state index is 6.60. The quantitative estimate of drug-likeness (QED) is 0.164. The van der Waals surface area contributed by atoms with Gasteiger partial charge >= 0.3 is 0 Å².